The van der Waals surface area contributed by atoms with Crippen molar-refractivity contribution in [2.24, 2.45) is 5.41 Å². The molecule has 0 radical (unpaired) electrons. The van der Waals surface area contributed by atoms with Crippen LogP contribution in [0.5, 0.6) is 0 Å². The van der Waals surface area contributed by atoms with Crippen molar-refractivity contribution in [2.75, 3.05) is 10.6 Å². The summed E-state index contributed by atoms with van der Waals surface area (Å²) < 4.78 is 0. The summed E-state index contributed by atoms with van der Waals surface area (Å²) in [5.41, 5.74) is 0.736. The fourth-order valence-corrected chi connectivity index (χ4v) is 2.96. The van der Waals surface area contributed by atoms with Crippen LogP contribution in [-0.2, 0) is 4.79 Å². The molecule has 3 rings (SSSR count). The van der Waals surface area contributed by atoms with Crippen molar-refractivity contribution in [3.63, 3.8) is 0 Å². The van der Waals surface area contributed by atoms with Gasteiger partial charge in [0.25, 0.3) is 5.91 Å². The maximum absolute atomic E-state index is 12.4. The van der Waals surface area contributed by atoms with E-state index in [1.807, 2.05) is 0 Å². The van der Waals surface area contributed by atoms with Crippen LogP contribution in [-0.4, -0.2) is 16.8 Å². The maximum Gasteiger partial charge on any atom is 0.255 e. The van der Waals surface area contributed by atoms with E-state index in [2.05, 4.69) is 21.7 Å². The Morgan fingerprint density at radius 1 is 1.04 bits per heavy atom. The molecule has 6 heteroatoms. The number of carbonyl (C=O) groups excluding carboxylic acids is 2. The van der Waals surface area contributed by atoms with Crippen LogP contribution in [0.25, 0.3) is 0 Å². The molecular formula is C19H18N4O2. The van der Waals surface area contributed by atoms with E-state index in [1.54, 1.807) is 48.8 Å². The fraction of sp³-hybridized carbons (Fsp3) is 0.263. The van der Waals surface area contributed by atoms with Crippen molar-refractivity contribution in [1.82, 2.24) is 4.98 Å². The minimum Gasteiger partial charge on any atom is -0.325 e. The smallest absolute Gasteiger partial charge is 0.255 e. The van der Waals surface area contributed by atoms with Gasteiger partial charge in [-0.25, -0.2) is 0 Å². The lowest BCUT2D eigenvalue weighted by atomic mass is 9.87. The molecular weight excluding hydrogens is 316 g/mol. The molecule has 6 nitrogen and oxygen atoms in total. The third-order valence-electron chi connectivity index (χ3n) is 4.43. The van der Waals surface area contributed by atoms with Crippen LogP contribution in [0.4, 0.5) is 11.4 Å². The number of hydrogen-bond donors (Lipinski definition) is 2. The standard InChI is InChI=1S/C19H18N4O2/c20-13-19(9-1-2-10-19)18(25)23-15-7-5-14(6-8-15)17(24)22-16-4-3-11-21-12-16/h3-8,11-12H,1-2,9-10H2,(H,22,24)(H,23,25). The van der Waals surface area contributed by atoms with Crippen molar-refractivity contribution >= 4 is 23.2 Å². The molecule has 1 aliphatic carbocycles. The first kappa shape index (κ1) is 16.7. The molecule has 0 bridgehead atoms. The first-order valence-corrected chi connectivity index (χ1v) is 8.17. The van der Waals surface area contributed by atoms with Crippen LogP contribution >= 0.6 is 0 Å². The molecule has 0 saturated heterocycles. The Bertz CT molecular complexity index is 804. The van der Waals surface area contributed by atoms with Gasteiger partial charge >= 0.3 is 0 Å². The summed E-state index contributed by atoms with van der Waals surface area (Å²) in [6.45, 7) is 0. The van der Waals surface area contributed by atoms with E-state index in [-0.39, 0.29) is 11.8 Å². The number of amides is 2. The number of nitrogens with zero attached hydrogens (tertiary/aromatic N) is 2. The number of anilines is 2. The van der Waals surface area contributed by atoms with Gasteiger partial charge < -0.3 is 10.6 Å². The van der Waals surface area contributed by atoms with E-state index < -0.39 is 5.41 Å². The highest BCUT2D eigenvalue weighted by atomic mass is 16.2. The third kappa shape index (κ3) is 3.66. The molecule has 0 atom stereocenters. The molecule has 1 fully saturated rings. The van der Waals surface area contributed by atoms with Gasteiger partial charge in [-0.2, -0.15) is 5.26 Å². The molecule has 1 aromatic carbocycles. The molecule has 1 aliphatic rings. The highest BCUT2D eigenvalue weighted by molar-refractivity contribution is 6.04. The normalized spacial score (nSPS) is 15.2. The van der Waals surface area contributed by atoms with Gasteiger partial charge in [0.2, 0.25) is 5.91 Å². The number of nitrogens with one attached hydrogen (secondary N) is 2. The van der Waals surface area contributed by atoms with Gasteiger partial charge in [0.1, 0.15) is 5.41 Å². The second-order valence-corrected chi connectivity index (χ2v) is 6.13. The predicted molar refractivity (Wildman–Crippen MR) is 93.8 cm³/mol. The van der Waals surface area contributed by atoms with Gasteiger partial charge in [-0.1, -0.05) is 12.8 Å². The largest absolute Gasteiger partial charge is 0.325 e. The Kier molecular flexibility index (Phi) is 4.75. The summed E-state index contributed by atoms with van der Waals surface area (Å²) in [6, 6.07) is 12.3. The molecule has 0 spiro atoms. The highest BCUT2D eigenvalue weighted by Crippen LogP contribution is 2.38. The number of pyridine rings is 1. The number of carbonyl (C=O) groups is 2. The minimum absolute atomic E-state index is 0.254. The van der Waals surface area contributed by atoms with E-state index in [0.717, 1.165) is 12.8 Å². The summed E-state index contributed by atoms with van der Waals surface area (Å²) in [5, 5.41) is 14.9. The van der Waals surface area contributed by atoms with E-state index in [1.165, 1.54) is 0 Å². The zero-order valence-electron chi connectivity index (χ0n) is 13.7. The van der Waals surface area contributed by atoms with Gasteiger partial charge in [0.15, 0.2) is 0 Å². The number of rotatable bonds is 4. The Morgan fingerprint density at radius 3 is 2.36 bits per heavy atom. The van der Waals surface area contributed by atoms with Crippen LogP contribution < -0.4 is 10.6 Å². The summed E-state index contributed by atoms with van der Waals surface area (Å²) >= 11 is 0. The second-order valence-electron chi connectivity index (χ2n) is 6.13. The van der Waals surface area contributed by atoms with Crippen LogP contribution in [0, 0.1) is 16.7 Å². The number of benzene rings is 1. The lowest BCUT2D eigenvalue weighted by molar-refractivity contribution is -0.122. The summed E-state index contributed by atoms with van der Waals surface area (Å²) in [4.78, 5) is 28.5. The first-order chi connectivity index (χ1) is 12.1. The quantitative estimate of drug-likeness (QED) is 0.896. The Hall–Kier alpha value is -3.20. The Morgan fingerprint density at radius 2 is 1.76 bits per heavy atom. The van der Waals surface area contributed by atoms with Crippen molar-refractivity contribution in [3.05, 3.63) is 54.4 Å². The highest BCUT2D eigenvalue weighted by Gasteiger charge is 2.41. The number of hydrogen-bond acceptors (Lipinski definition) is 4. The van der Waals surface area contributed by atoms with E-state index in [0.29, 0.717) is 29.8 Å². The molecule has 0 unspecified atom stereocenters. The van der Waals surface area contributed by atoms with Crippen molar-refractivity contribution in [3.8, 4) is 6.07 Å². The van der Waals surface area contributed by atoms with Crippen LogP contribution in [0.1, 0.15) is 36.0 Å². The topological polar surface area (TPSA) is 94.9 Å². The first-order valence-electron chi connectivity index (χ1n) is 8.17. The molecule has 126 valence electrons. The van der Waals surface area contributed by atoms with Crippen molar-refractivity contribution in [1.29, 1.82) is 5.26 Å². The second kappa shape index (κ2) is 7.14. The lowest BCUT2D eigenvalue weighted by Crippen LogP contribution is -2.32. The van der Waals surface area contributed by atoms with Gasteiger partial charge in [-0.3, -0.25) is 14.6 Å². The third-order valence-corrected chi connectivity index (χ3v) is 4.43. The van der Waals surface area contributed by atoms with E-state index >= 15 is 0 Å². The number of nitriles is 1. The maximum atomic E-state index is 12.4. The Balaban J connectivity index is 1.65. The summed E-state index contributed by atoms with van der Waals surface area (Å²) in [7, 11) is 0. The molecule has 2 aromatic rings. The molecule has 1 heterocycles. The zero-order valence-corrected chi connectivity index (χ0v) is 13.7. The van der Waals surface area contributed by atoms with Crippen LogP contribution in [0.3, 0.4) is 0 Å². The van der Waals surface area contributed by atoms with Gasteiger partial charge in [0.05, 0.1) is 18.0 Å². The van der Waals surface area contributed by atoms with Gasteiger partial charge in [0, 0.05) is 17.4 Å². The molecule has 0 aliphatic heterocycles. The molecule has 25 heavy (non-hydrogen) atoms. The summed E-state index contributed by atoms with van der Waals surface area (Å²) in [5.74, 6) is -0.518. The molecule has 1 aromatic heterocycles. The monoisotopic (exact) mass is 334 g/mol. The number of aromatic nitrogens is 1. The predicted octanol–water partition coefficient (Wildman–Crippen LogP) is 3.36. The molecule has 2 amide bonds. The molecule has 2 N–H and O–H groups in total. The molecule has 1 saturated carbocycles. The van der Waals surface area contributed by atoms with Gasteiger partial charge in [-0.15, -0.1) is 0 Å². The SMILES string of the molecule is N#CC1(C(=O)Nc2ccc(C(=O)Nc3cccnc3)cc2)CCCC1. The minimum atomic E-state index is -0.920. The van der Waals surface area contributed by atoms with Crippen LogP contribution in [0.2, 0.25) is 0 Å². The van der Waals surface area contributed by atoms with Crippen molar-refractivity contribution in [2.45, 2.75) is 25.7 Å². The fourth-order valence-electron chi connectivity index (χ4n) is 2.96. The average Bonchev–Trinajstić information content (AvgIpc) is 3.13. The van der Waals surface area contributed by atoms with E-state index in [4.69, 9.17) is 0 Å². The zero-order chi connectivity index (χ0) is 17.7. The average molecular weight is 334 g/mol. The van der Waals surface area contributed by atoms with Gasteiger partial charge in [-0.05, 0) is 49.2 Å². The van der Waals surface area contributed by atoms with E-state index in [9.17, 15) is 14.9 Å². The van der Waals surface area contributed by atoms with Crippen LogP contribution in [0.15, 0.2) is 48.8 Å². The van der Waals surface area contributed by atoms with Crippen molar-refractivity contribution < 1.29 is 9.59 Å². The lowest BCUT2D eigenvalue weighted by Gasteiger charge is -2.19. The Labute approximate surface area is 145 Å². The summed E-state index contributed by atoms with van der Waals surface area (Å²) in [6.07, 6.45) is 6.19.